The summed E-state index contributed by atoms with van der Waals surface area (Å²) in [6.07, 6.45) is -2.06. The third kappa shape index (κ3) is 2.09. The largest absolute Gasteiger partial charge is 0.296 e. The monoisotopic (exact) mass is 249 g/mol. The lowest BCUT2D eigenvalue weighted by atomic mass is 10.2. The van der Waals surface area contributed by atoms with Crippen molar-refractivity contribution in [1.82, 2.24) is 4.98 Å². The summed E-state index contributed by atoms with van der Waals surface area (Å²) in [5.74, 6) is 0. The molecule has 0 N–H and O–H groups in total. The van der Waals surface area contributed by atoms with Crippen molar-refractivity contribution in [3.05, 3.63) is 27.5 Å². The van der Waals surface area contributed by atoms with Gasteiger partial charge in [-0.1, -0.05) is 15.9 Å². The van der Waals surface area contributed by atoms with Gasteiger partial charge in [0, 0.05) is 10.2 Å². The number of halogens is 3. The minimum Gasteiger partial charge on any atom is -0.296 e. The van der Waals surface area contributed by atoms with E-state index < -0.39 is 6.43 Å². The first-order valence-corrected chi connectivity index (χ1v) is 4.26. The van der Waals surface area contributed by atoms with Crippen molar-refractivity contribution in [3.63, 3.8) is 0 Å². The average molecular weight is 250 g/mol. The number of aromatic nitrogens is 1. The van der Waals surface area contributed by atoms with Gasteiger partial charge in [0.15, 0.2) is 6.29 Å². The fourth-order valence-corrected chi connectivity index (χ4v) is 1.68. The zero-order valence-corrected chi connectivity index (χ0v) is 8.31. The molecule has 0 aliphatic carbocycles. The van der Waals surface area contributed by atoms with Gasteiger partial charge < -0.3 is 0 Å². The summed E-state index contributed by atoms with van der Waals surface area (Å²) >= 11 is 2.96. The van der Waals surface area contributed by atoms with E-state index in [0.717, 1.165) is 0 Å². The number of hydrogen-bond acceptors (Lipinski definition) is 2. The molecule has 1 aromatic rings. The highest BCUT2D eigenvalue weighted by Crippen LogP contribution is 2.29. The van der Waals surface area contributed by atoms with Crippen molar-refractivity contribution in [1.29, 1.82) is 0 Å². The molecule has 0 aliphatic heterocycles. The summed E-state index contributed by atoms with van der Waals surface area (Å²) in [5, 5.41) is 0. The SMILES string of the molecule is Cc1nc(C=O)cc(Br)c1C(F)F. The van der Waals surface area contributed by atoms with Crippen LogP contribution in [-0.4, -0.2) is 11.3 Å². The van der Waals surface area contributed by atoms with Crippen molar-refractivity contribution in [2.24, 2.45) is 0 Å². The minimum atomic E-state index is -2.58. The fourth-order valence-electron chi connectivity index (χ4n) is 0.989. The van der Waals surface area contributed by atoms with Crippen molar-refractivity contribution < 1.29 is 13.6 Å². The topological polar surface area (TPSA) is 30.0 Å². The molecule has 0 radical (unpaired) electrons. The molecule has 0 aromatic carbocycles. The van der Waals surface area contributed by atoms with E-state index in [0.29, 0.717) is 6.29 Å². The first-order chi connectivity index (χ1) is 6.06. The summed E-state index contributed by atoms with van der Waals surface area (Å²) in [6.45, 7) is 1.44. The quantitative estimate of drug-likeness (QED) is 0.755. The Balaban J connectivity index is 3.31. The van der Waals surface area contributed by atoms with Gasteiger partial charge in [-0.05, 0) is 13.0 Å². The highest BCUT2D eigenvalue weighted by atomic mass is 79.9. The van der Waals surface area contributed by atoms with E-state index in [1.165, 1.54) is 13.0 Å². The third-order valence-electron chi connectivity index (χ3n) is 1.56. The van der Waals surface area contributed by atoms with Crippen molar-refractivity contribution in [3.8, 4) is 0 Å². The van der Waals surface area contributed by atoms with Crippen LogP contribution < -0.4 is 0 Å². The maximum atomic E-state index is 12.4. The molecule has 1 rings (SSSR count). The van der Waals surface area contributed by atoms with E-state index >= 15 is 0 Å². The van der Waals surface area contributed by atoms with E-state index in [4.69, 9.17) is 0 Å². The average Bonchev–Trinajstić information content (AvgIpc) is 2.02. The van der Waals surface area contributed by atoms with Crippen LogP contribution in [0.3, 0.4) is 0 Å². The van der Waals surface area contributed by atoms with E-state index in [1.54, 1.807) is 0 Å². The third-order valence-corrected chi connectivity index (χ3v) is 2.21. The van der Waals surface area contributed by atoms with Crippen LogP contribution in [0.15, 0.2) is 10.5 Å². The molecular formula is C8H6BrF2NO. The van der Waals surface area contributed by atoms with Gasteiger partial charge in [0.2, 0.25) is 0 Å². The first-order valence-electron chi connectivity index (χ1n) is 3.46. The molecule has 5 heteroatoms. The number of pyridine rings is 1. The summed E-state index contributed by atoms with van der Waals surface area (Å²) in [6, 6.07) is 1.28. The summed E-state index contributed by atoms with van der Waals surface area (Å²) < 4.78 is 25.0. The highest BCUT2D eigenvalue weighted by molar-refractivity contribution is 9.10. The molecule has 0 saturated carbocycles. The van der Waals surface area contributed by atoms with Crippen LogP contribution in [0.5, 0.6) is 0 Å². The maximum absolute atomic E-state index is 12.4. The number of hydrogen-bond donors (Lipinski definition) is 0. The lowest BCUT2D eigenvalue weighted by molar-refractivity contribution is 0.111. The molecule has 0 unspecified atom stereocenters. The molecule has 0 amide bonds. The van der Waals surface area contributed by atoms with Crippen LogP contribution >= 0.6 is 15.9 Å². The van der Waals surface area contributed by atoms with E-state index in [1.807, 2.05) is 0 Å². The molecule has 0 atom stereocenters. The van der Waals surface area contributed by atoms with Crippen LogP contribution in [-0.2, 0) is 0 Å². The molecule has 0 aliphatic rings. The Morgan fingerprint density at radius 3 is 2.62 bits per heavy atom. The normalized spacial score (nSPS) is 10.5. The summed E-state index contributed by atoms with van der Waals surface area (Å²) in [5.41, 5.74) is 0.158. The number of aryl methyl sites for hydroxylation is 1. The van der Waals surface area contributed by atoms with Gasteiger partial charge in [-0.3, -0.25) is 4.79 Å². The standard InChI is InChI=1S/C8H6BrF2NO/c1-4-7(8(10)11)6(9)2-5(3-13)12-4/h2-3,8H,1H3. The molecule has 2 nitrogen and oxygen atoms in total. The van der Waals surface area contributed by atoms with Gasteiger partial charge in [-0.15, -0.1) is 0 Å². The van der Waals surface area contributed by atoms with Gasteiger partial charge in [-0.25, -0.2) is 13.8 Å². The lowest BCUT2D eigenvalue weighted by Gasteiger charge is -2.06. The van der Waals surface area contributed by atoms with Crippen LogP contribution in [0.2, 0.25) is 0 Å². The van der Waals surface area contributed by atoms with Gasteiger partial charge in [0.25, 0.3) is 6.43 Å². The van der Waals surface area contributed by atoms with Crippen LogP contribution in [0, 0.1) is 6.92 Å². The Morgan fingerprint density at radius 1 is 1.62 bits per heavy atom. The molecule has 0 bridgehead atoms. The fraction of sp³-hybridized carbons (Fsp3) is 0.250. The molecule has 1 aromatic heterocycles. The Labute approximate surface area is 82.1 Å². The smallest absolute Gasteiger partial charge is 0.266 e. The summed E-state index contributed by atoms with van der Waals surface area (Å²) in [4.78, 5) is 14.0. The first kappa shape index (κ1) is 10.2. The van der Waals surface area contributed by atoms with Gasteiger partial charge >= 0.3 is 0 Å². The Bertz CT molecular complexity index is 318. The molecule has 0 saturated heterocycles. The number of carbonyl (C=O) groups is 1. The minimum absolute atomic E-state index is 0.147. The van der Waals surface area contributed by atoms with Gasteiger partial charge in [-0.2, -0.15) is 0 Å². The lowest BCUT2D eigenvalue weighted by Crippen LogP contribution is -1.98. The second kappa shape index (κ2) is 3.91. The Hall–Kier alpha value is -0.840. The van der Waals surface area contributed by atoms with Crippen LogP contribution in [0.25, 0.3) is 0 Å². The number of alkyl halides is 2. The molecule has 1 heterocycles. The molecule has 13 heavy (non-hydrogen) atoms. The molecule has 70 valence electrons. The van der Waals surface area contributed by atoms with E-state index in [9.17, 15) is 13.6 Å². The zero-order chi connectivity index (χ0) is 10.0. The highest BCUT2D eigenvalue weighted by Gasteiger charge is 2.16. The van der Waals surface area contributed by atoms with Crippen molar-refractivity contribution >= 4 is 22.2 Å². The number of carbonyl (C=O) groups excluding carboxylic acids is 1. The second-order valence-electron chi connectivity index (χ2n) is 2.45. The van der Waals surface area contributed by atoms with E-state index in [-0.39, 0.29) is 21.4 Å². The Morgan fingerprint density at radius 2 is 2.23 bits per heavy atom. The Kier molecular flexibility index (Phi) is 3.08. The number of rotatable bonds is 2. The zero-order valence-electron chi connectivity index (χ0n) is 6.72. The van der Waals surface area contributed by atoms with Gasteiger partial charge in [0.05, 0.1) is 5.56 Å². The van der Waals surface area contributed by atoms with Crippen LogP contribution in [0.1, 0.15) is 28.2 Å². The predicted molar refractivity (Wildman–Crippen MR) is 47.0 cm³/mol. The molecule has 0 fully saturated rings. The van der Waals surface area contributed by atoms with Gasteiger partial charge in [0.1, 0.15) is 5.69 Å². The van der Waals surface area contributed by atoms with Crippen LogP contribution in [0.4, 0.5) is 8.78 Å². The van der Waals surface area contributed by atoms with E-state index in [2.05, 4.69) is 20.9 Å². The number of nitrogens with zero attached hydrogens (tertiary/aromatic N) is 1. The maximum Gasteiger partial charge on any atom is 0.266 e. The predicted octanol–water partition coefficient (Wildman–Crippen LogP) is 2.90. The van der Waals surface area contributed by atoms with Crippen molar-refractivity contribution in [2.75, 3.05) is 0 Å². The molecule has 0 spiro atoms. The second-order valence-corrected chi connectivity index (χ2v) is 3.30. The van der Waals surface area contributed by atoms with Crippen molar-refractivity contribution in [2.45, 2.75) is 13.3 Å². The number of aldehydes is 1. The molecular weight excluding hydrogens is 244 g/mol. The summed E-state index contributed by atoms with van der Waals surface area (Å²) in [7, 11) is 0.